The van der Waals surface area contributed by atoms with Crippen molar-refractivity contribution in [2.45, 2.75) is 10.9 Å². The first-order chi connectivity index (χ1) is 17.4. The zero-order chi connectivity index (χ0) is 25.5. The molecule has 0 bridgehead atoms. The largest absolute Gasteiger partial charge is 0.332 e. The number of aromatic amines is 1. The van der Waals surface area contributed by atoms with E-state index in [1.807, 2.05) is 48.5 Å². The Kier molecular flexibility index (Phi) is 8.13. The lowest BCUT2D eigenvalue weighted by atomic mass is 10.1. The summed E-state index contributed by atoms with van der Waals surface area (Å²) in [7, 11) is 0. The fourth-order valence-corrected chi connectivity index (χ4v) is 4.49. The number of nitrogens with one attached hydrogen (secondary N) is 3. The lowest BCUT2D eigenvalue weighted by Crippen LogP contribution is -2.34. The fourth-order valence-electron chi connectivity index (χ4n) is 3.24. The Morgan fingerprint density at radius 2 is 1.75 bits per heavy atom. The summed E-state index contributed by atoms with van der Waals surface area (Å²) in [6.45, 7) is 0. The highest BCUT2D eigenvalue weighted by Gasteiger charge is 2.16. The van der Waals surface area contributed by atoms with Crippen LogP contribution >= 0.6 is 35.6 Å². The van der Waals surface area contributed by atoms with Crippen molar-refractivity contribution in [3.8, 4) is 17.3 Å². The van der Waals surface area contributed by atoms with Crippen molar-refractivity contribution >= 4 is 52.3 Å². The Balaban J connectivity index is 1.42. The topological polar surface area (TPSA) is 111 Å². The predicted molar refractivity (Wildman–Crippen MR) is 146 cm³/mol. The summed E-state index contributed by atoms with van der Waals surface area (Å²) < 4.78 is 0. The van der Waals surface area contributed by atoms with Crippen LogP contribution in [0.15, 0.2) is 88.8 Å². The number of halogens is 1. The number of H-pyrrole nitrogens is 1. The number of nitrogens with zero attached hydrogens (tertiary/aromatic N) is 2. The number of hydrogen-bond donors (Lipinski definition) is 3. The second-order valence-corrected chi connectivity index (χ2v) is 9.23. The molecule has 3 N–H and O–H groups in total. The van der Waals surface area contributed by atoms with Crippen LogP contribution in [0.4, 0.5) is 5.69 Å². The number of anilines is 1. The monoisotopic (exact) mass is 531 g/mol. The second-order valence-electron chi connectivity index (χ2n) is 7.45. The molecule has 1 heterocycles. The standard InChI is InChI=1S/C26H18ClN5O2S2/c27-21-9-5-4-8-19(21)22-20(14-28)24(34)32-26(30-22)36-15-16-10-12-17(13-11-16)23(33)31-25(35)29-18-6-2-1-3-7-18/h1-13H,15H2,(H,30,32,34)(H2,29,31,33,35). The van der Waals surface area contributed by atoms with Crippen molar-refractivity contribution in [2.24, 2.45) is 0 Å². The average molecular weight is 532 g/mol. The minimum Gasteiger partial charge on any atom is -0.332 e. The number of nitriles is 1. The number of amides is 1. The molecule has 36 heavy (non-hydrogen) atoms. The van der Waals surface area contributed by atoms with E-state index in [0.717, 1.165) is 11.3 Å². The molecule has 0 aliphatic rings. The Hall–Kier alpha value is -3.97. The van der Waals surface area contributed by atoms with Crippen molar-refractivity contribution in [1.82, 2.24) is 15.3 Å². The maximum absolute atomic E-state index is 12.5. The number of thiocarbonyl (C=S) groups is 1. The van der Waals surface area contributed by atoms with Gasteiger partial charge in [0.25, 0.3) is 11.5 Å². The van der Waals surface area contributed by atoms with E-state index < -0.39 is 5.56 Å². The van der Waals surface area contributed by atoms with E-state index in [4.69, 9.17) is 23.8 Å². The van der Waals surface area contributed by atoms with Crippen LogP contribution in [0.3, 0.4) is 0 Å². The highest BCUT2D eigenvalue weighted by atomic mass is 35.5. The van der Waals surface area contributed by atoms with Crippen molar-refractivity contribution in [3.05, 3.63) is 111 Å². The van der Waals surface area contributed by atoms with Gasteiger partial charge >= 0.3 is 0 Å². The highest BCUT2D eigenvalue weighted by molar-refractivity contribution is 7.98. The van der Waals surface area contributed by atoms with Crippen LogP contribution < -0.4 is 16.2 Å². The van der Waals surface area contributed by atoms with Crippen molar-refractivity contribution in [1.29, 1.82) is 5.26 Å². The van der Waals surface area contributed by atoms with Gasteiger partial charge in [0.15, 0.2) is 10.3 Å². The molecule has 178 valence electrons. The first-order valence-corrected chi connectivity index (χ1v) is 12.4. The lowest BCUT2D eigenvalue weighted by molar-refractivity contribution is 0.0977. The summed E-state index contributed by atoms with van der Waals surface area (Å²) >= 11 is 12.8. The van der Waals surface area contributed by atoms with E-state index in [0.29, 0.717) is 27.1 Å². The molecule has 7 nitrogen and oxygen atoms in total. The van der Waals surface area contributed by atoms with Crippen LogP contribution in [0.1, 0.15) is 21.5 Å². The van der Waals surface area contributed by atoms with E-state index in [1.54, 1.807) is 36.4 Å². The van der Waals surface area contributed by atoms with Crippen LogP contribution in [0.2, 0.25) is 5.02 Å². The molecule has 0 fully saturated rings. The first kappa shape index (κ1) is 25.1. The molecule has 4 aromatic rings. The van der Waals surface area contributed by atoms with Gasteiger partial charge in [-0.2, -0.15) is 5.26 Å². The molecule has 10 heteroatoms. The number of thioether (sulfide) groups is 1. The van der Waals surface area contributed by atoms with Gasteiger partial charge in [-0.15, -0.1) is 0 Å². The Labute approximate surface area is 221 Å². The number of hydrogen-bond acceptors (Lipinski definition) is 6. The Morgan fingerprint density at radius 1 is 1.06 bits per heavy atom. The molecular weight excluding hydrogens is 514 g/mol. The molecule has 0 unspecified atom stereocenters. The number of carbonyl (C=O) groups is 1. The highest BCUT2D eigenvalue weighted by Crippen LogP contribution is 2.29. The van der Waals surface area contributed by atoms with Gasteiger partial charge in [-0.1, -0.05) is 71.9 Å². The summed E-state index contributed by atoms with van der Waals surface area (Å²) in [5, 5.41) is 16.0. The lowest BCUT2D eigenvalue weighted by Gasteiger charge is -2.10. The van der Waals surface area contributed by atoms with Gasteiger partial charge in [0, 0.05) is 22.6 Å². The number of rotatable bonds is 6. The van der Waals surface area contributed by atoms with Crippen molar-refractivity contribution in [2.75, 3.05) is 5.32 Å². The van der Waals surface area contributed by atoms with Gasteiger partial charge in [-0.3, -0.25) is 14.9 Å². The van der Waals surface area contributed by atoms with E-state index in [2.05, 4.69) is 20.6 Å². The molecule has 1 aromatic heterocycles. The molecular formula is C26H18ClN5O2S2. The normalized spacial score (nSPS) is 10.3. The van der Waals surface area contributed by atoms with Gasteiger partial charge < -0.3 is 10.3 Å². The molecule has 0 aliphatic carbocycles. The molecule has 0 aliphatic heterocycles. The van der Waals surface area contributed by atoms with Crippen LogP contribution in [0, 0.1) is 11.3 Å². The minimum atomic E-state index is -0.531. The molecule has 0 saturated carbocycles. The first-order valence-electron chi connectivity index (χ1n) is 10.6. The van der Waals surface area contributed by atoms with Gasteiger partial charge in [-0.25, -0.2) is 4.98 Å². The van der Waals surface area contributed by atoms with Gasteiger partial charge in [-0.05, 0) is 48.1 Å². The van der Waals surface area contributed by atoms with E-state index in [1.165, 1.54) is 11.8 Å². The van der Waals surface area contributed by atoms with Crippen molar-refractivity contribution in [3.63, 3.8) is 0 Å². The smallest absolute Gasteiger partial charge is 0.270 e. The van der Waals surface area contributed by atoms with E-state index in [9.17, 15) is 14.9 Å². The number of carbonyl (C=O) groups excluding carboxylic acids is 1. The maximum Gasteiger partial charge on any atom is 0.270 e. The summed E-state index contributed by atoms with van der Waals surface area (Å²) in [5.41, 5.74) is 2.27. The average Bonchev–Trinajstić information content (AvgIpc) is 2.88. The quantitative estimate of drug-likeness (QED) is 0.174. The Bertz CT molecular complexity index is 1520. The number of para-hydroxylation sites is 1. The summed E-state index contributed by atoms with van der Waals surface area (Å²) in [6, 6.07) is 25.1. The predicted octanol–water partition coefficient (Wildman–Crippen LogP) is 5.38. The SMILES string of the molecule is N#Cc1c(-c2ccccc2Cl)nc(SCc2ccc(C(=O)NC(=S)Nc3ccccc3)cc2)[nH]c1=O. The van der Waals surface area contributed by atoms with Crippen molar-refractivity contribution < 1.29 is 4.79 Å². The molecule has 0 atom stereocenters. The number of aromatic nitrogens is 2. The fraction of sp³-hybridized carbons (Fsp3) is 0.0385. The van der Waals surface area contributed by atoms with Gasteiger partial charge in [0.1, 0.15) is 11.6 Å². The van der Waals surface area contributed by atoms with Crippen LogP contribution in [0.5, 0.6) is 0 Å². The van der Waals surface area contributed by atoms with Gasteiger partial charge in [0.2, 0.25) is 0 Å². The second kappa shape index (κ2) is 11.6. The van der Waals surface area contributed by atoms with Crippen LogP contribution in [0.25, 0.3) is 11.3 Å². The van der Waals surface area contributed by atoms with E-state index in [-0.39, 0.29) is 22.3 Å². The zero-order valence-electron chi connectivity index (χ0n) is 18.6. The van der Waals surface area contributed by atoms with E-state index >= 15 is 0 Å². The molecule has 0 saturated heterocycles. The maximum atomic E-state index is 12.5. The molecule has 1 amide bonds. The van der Waals surface area contributed by atoms with Crippen LogP contribution in [-0.4, -0.2) is 21.0 Å². The molecule has 4 rings (SSSR count). The third-order valence-electron chi connectivity index (χ3n) is 4.99. The summed E-state index contributed by atoms with van der Waals surface area (Å²) in [6.07, 6.45) is 0. The molecule has 3 aromatic carbocycles. The summed E-state index contributed by atoms with van der Waals surface area (Å²) in [4.78, 5) is 32.1. The third-order valence-corrected chi connectivity index (χ3v) is 6.47. The van der Waals surface area contributed by atoms with Crippen LogP contribution in [-0.2, 0) is 5.75 Å². The third kappa shape index (κ3) is 6.17. The Morgan fingerprint density at radius 3 is 2.44 bits per heavy atom. The minimum absolute atomic E-state index is 0.0949. The summed E-state index contributed by atoms with van der Waals surface area (Å²) in [5.74, 6) is 0.150. The van der Waals surface area contributed by atoms with Gasteiger partial charge in [0.05, 0.1) is 10.7 Å². The molecule has 0 radical (unpaired) electrons. The number of benzene rings is 3. The molecule has 0 spiro atoms. The zero-order valence-corrected chi connectivity index (χ0v) is 21.0.